The lowest BCUT2D eigenvalue weighted by molar-refractivity contribution is -0.129. The van der Waals surface area contributed by atoms with Crippen molar-refractivity contribution in [3.63, 3.8) is 0 Å². The minimum Gasteiger partial charge on any atom is -0.462 e. The standard InChI is InChI=1S/2C29H37N7O2.C2H6/c2*1-4-27(37)36-16-15-34(20-23(36)11-13-30)28-24-10-9-22(35-14-12-21-7-5-6-8-26(21)35)19-25(24)31-29(32-28)38-18-17-33(2)3;1-2/h2*4-8,22-23H,1,9-12,14-20H2,2-3H3;1-2H3/t22-,23+;22-,23-;/m10./s1. The number of amides is 2. The van der Waals surface area contributed by atoms with Crippen LogP contribution in [0.4, 0.5) is 23.0 Å². The first-order valence-corrected chi connectivity index (χ1v) is 28.1. The lowest BCUT2D eigenvalue weighted by Crippen LogP contribution is -2.55. The summed E-state index contributed by atoms with van der Waals surface area (Å²) in [6, 6.07) is 23.1. The number of nitrogens with zero attached hydrogens (tertiary/aromatic N) is 14. The van der Waals surface area contributed by atoms with Crippen LogP contribution in [0.25, 0.3) is 0 Å². The van der Waals surface area contributed by atoms with Gasteiger partial charge >= 0.3 is 12.0 Å². The highest BCUT2D eigenvalue weighted by Gasteiger charge is 2.38. The van der Waals surface area contributed by atoms with E-state index in [1.165, 1.54) is 45.8 Å². The highest BCUT2D eigenvalue weighted by atomic mass is 16.5. The molecular formula is C60H80N14O4. The third kappa shape index (κ3) is 13.2. The molecule has 2 aliphatic carbocycles. The second kappa shape index (κ2) is 26.9. The molecule has 4 atom stereocenters. The summed E-state index contributed by atoms with van der Waals surface area (Å²) in [4.78, 5) is 61.7. The molecule has 414 valence electrons. The van der Waals surface area contributed by atoms with Crippen LogP contribution in [-0.2, 0) is 48.1 Å². The molecule has 6 aliphatic rings. The van der Waals surface area contributed by atoms with Crippen LogP contribution in [0.3, 0.4) is 0 Å². The lowest BCUT2D eigenvalue weighted by Gasteiger charge is -2.42. The number of carbonyl (C=O) groups is 2. The molecule has 2 amide bonds. The van der Waals surface area contributed by atoms with Crippen molar-refractivity contribution in [2.45, 2.75) is 102 Å². The number of para-hydroxylation sites is 2. The average molecular weight is 1060 g/mol. The van der Waals surface area contributed by atoms with Gasteiger partial charge in [0.2, 0.25) is 11.8 Å². The number of benzene rings is 2. The maximum absolute atomic E-state index is 12.4. The predicted molar refractivity (Wildman–Crippen MR) is 306 cm³/mol. The highest BCUT2D eigenvalue weighted by Crippen LogP contribution is 2.39. The van der Waals surface area contributed by atoms with Crippen LogP contribution >= 0.6 is 0 Å². The van der Waals surface area contributed by atoms with Gasteiger partial charge in [0.1, 0.15) is 24.8 Å². The first-order chi connectivity index (χ1) is 38.0. The van der Waals surface area contributed by atoms with Crippen molar-refractivity contribution in [1.82, 2.24) is 39.5 Å². The van der Waals surface area contributed by atoms with Gasteiger partial charge < -0.3 is 48.7 Å². The van der Waals surface area contributed by atoms with Crippen molar-refractivity contribution >= 4 is 34.8 Å². The third-order valence-corrected chi connectivity index (χ3v) is 15.8. The van der Waals surface area contributed by atoms with E-state index in [1.54, 1.807) is 9.80 Å². The van der Waals surface area contributed by atoms with Gasteiger partial charge in [-0.25, -0.2) is 0 Å². The van der Waals surface area contributed by atoms with Gasteiger partial charge in [0.25, 0.3) is 0 Å². The Labute approximate surface area is 462 Å². The van der Waals surface area contributed by atoms with Gasteiger partial charge in [0, 0.05) is 113 Å². The highest BCUT2D eigenvalue weighted by molar-refractivity contribution is 5.88. The molecule has 2 aromatic carbocycles. The zero-order valence-corrected chi connectivity index (χ0v) is 46.9. The molecule has 0 N–H and O–H groups in total. The summed E-state index contributed by atoms with van der Waals surface area (Å²) in [5.74, 6) is 1.53. The number of fused-ring (bicyclic) bond motifs is 4. The minimum absolute atomic E-state index is 0.129. The van der Waals surface area contributed by atoms with Gasteiger partial charge in [-0.2, -0.15) is 30.5 Å². The fraction of sp³-hybridized carbons (Fsp3) is 0.533. The molecule has 18 heteroatoms. The SMILES string of the molecule is C=CC(=O)N1CCN(c2nc(OCCN(C)C)nc3c2CC[C@@H](N2CCc4ccccc42)C3)C[C@@H]1CC#N.C=CC(=O)N1CCN(c2nc(OCCN(C)C)nc3c2CC[C@H](N2CCc4ccccc42)C3)C[C@@H]1CC#N.CC. The predicted octanol–water partition coefficient (Wildman–Crippen LogP) is 5.93. The number of ether oxygens (including phenoxy) is 2. The van der Waals surface area contributed by atoms with E-state index < -0.39 is 0 Å². The summed E-state index contributed by atoms with van der Waals surface area (Å²) >= 11 is 0. The fourth-order valence-electron chi connectivity index (χ4n) is 11.9. The average Bonchev–Trinajstić information content (AvgIpc) is 4.10. The number of piperazine rings is 2. The van der Waals surface area contributed by atoms with Crippen LogP contribution in [0.15, 0.2) is 73.8 Å². The van der Waals surface area contributed by atoms with Crippen molar-refractivity contribution in [3.8, 4) is 24.2 Å². The largest absolute Gasteiger partial charge is 0.462 e. The Hall–Kier alpha value is -7.28. The molecule has 0 unspecified atom stereocenters. The van der Waals surface area contributed by atoms with E-state index in [0.717, 1.165) is 101 Å². The number of nitriles is 2. The zero-order chi connectivity index (χ0) is 55.3. The van der Waals surface area contributed by atoms with Crippen LogP contribution < -0.4 is 29.1 Å². The number of likely N-dealkylation sites (N-methyl/N-ethyl adjacent to an activating group) is 2. The molecule has 2 aromatic heterocycles. The van der Waals surface area contributed by atoms with E-state index in [4.69, 9.17) is 29.4 Å². The molecule has 78 heavy (non-hydrogen) atoms. The summed E-state index contributed by atoms with van der Waals surface area (Å²) in [6.07, 6.45) is 10.9. The molecule has 0 radical (unpaired) electrons. The normalized spacial score (nSPS) is 20.2. The van der Waals surface area contributed by atoms with Gasteiger partial charge in [0.15, 0.2) is 0 Å². The van der Waals surface area contributed by atoms with Crippen LogP contribution in [-0.4, -0.2) is 182 Å². The van der Waals surface area contributed by atoms with Crippen LogP contribution in [0.1, 0.15) is 73.2 Å². The Kier molecular flexibility index (Phi) is 19.6. The second-order valence-corrected chi connectivity index (χ2v) is 21.1. The van der Waals surface area contributed by atoms with Crippen LogP contribution in [0.5, 0.6) is 12.0 Å². The van der Waals surface area contributed by atoms with Crippen LogP contribution in [0, 0.1) is 22.7 Å². The molecule has 0 bridgehead atoms. The molecule has 0 saturated carbocycles. The number of hydrogen-bond donors (Lipinski definition) is 0. The molecule has 4 aromatic rings. The van der Waals surface area contributed by atoms with Gasteiger partial charge in [-0.15, -0.1) is 0 Å². The topological polar surface area (TPSA) is 178 Å². The number of rotatable bonds is 16. The Morgan fingerprint density at radius 3 is 1.41 bits per heavy atom. The summed E-state index contributed by atoms with van der Waals surface area (Å²) in [5.41, 5.74) is 9.99. The monoisotopic (exact) mass is 1060 g/mol. The number of aromatic nitrogens is 4. The fourth-order valence-corrected chi connectivity index (χ4v) is 11.9. The molecule has 2 saturated heterocycles. The summed E-state index contributed by atoms with van der Waals surface area (Å²) < 4.78 is 12.1. The lowest BCUT2D eigenvalue weighted by atomic mass is 9.90. The molecule has 2 fully saturated rings. The smallest absolute Gasteiger partial charge is 0.318 e. The maximum atomic E-state index is 12.4. The van der Waals surface area contributed by atoms with Crippen molar-refractivity contribution < 1.29 is 19.1 Å². The van der Waals surface area contributed by atoms with Crippen molar-refractivity contribution in [1.29, 1.82) is 10.5 Å². The summed E-state index contributed by atoms with van der Waals surface area (Å²) in [7, 11) is 8.06. The molecular weight excluding hydrogens is 981 g/mol. The quantitative estimate of drug-likeness (QED) is 0.121. The first kappa shape index (κ1) is 56.9. The van der Waals surface area contributed by atoms with Crippen LogP contribution in [0.2, 0.25) is 0 Å². The Morgan fingerprint density at radius 1 is 0.615 bits per heavy atom. The van der Waals surface area contributed by atoms with E-state index in [9.17, 15) is 20.1 Å². The van der Waals surface area contributed by atoms with E-state index in [0.29, 0.717) is 76.6 Å². The summed E-state index contributed by atoms with van der Waals surface area (Å²) in [6.45, 7) is 19.4. The number of carbonyl (C=O) groups excluding carboxylic acids is 2. The van der Waals surface area contributed by atoms with E-state index in [2.05, 4.69) is 103 Å². The molecule has 0 spiro atoms. The van der Waals surface area contributed by atoms with E-state index >= 15 is 0 Å². The first-order valence-electron chi connectivity index (χ1n) is 28.1. The maximum Gasteiger partial charge on any atom is 0.318 e. The van der Waals surface area contributed by atoms with E-state index in [1.807, 2.05) is 42.0 Å². The van der Waals surface area contributed by atoms with E-state index in [-0.39, 0.29) is 36.7 Å². The zero-order valence-electron chi connectivity index (χ0n) is 46.9. The molecule has 18 nitrogen and oxygen atoms in total. The minimum atomic E-state index is -0.208. The van der Waals surface area contributed by atoms with Gasteiger partial charge in [-0.3, -0.25) is 9.59 Å². The van der Waals surface area contributed by atoms with Crippen molar-refractivity contribution in [2.75, 3.05) is 126 Å². The molecule has 4 aliphatic heterocycles. The number of hydrogen-bond acceptors (Lipinski definition) is 16. The van der Waals surface area contributed by atoms with Gasteiger partial charge in [-0.1, -0.05) is 63.4 Å². The number of anilines is 4. The van der Waals surface area contributed by atoms with Gasteiger partial charge in [0.05, 0.1) is 48.5 Å². The second-order valence-electron chi connectivity index (χ2n) is 21.1. The van der Waals surface area contributed by atoms with Gasteiger partial charge in [-0.05, 0) is 102 Å². The molecule has 6 heterocycles. The Bertz CT molecular complexity index is 2640. The van der Waals surface area contributed by atoms with Crippen molar-refractivity contribution in [2.24, 2.45) is 0 Å². The van der Waals surface area contributed by atoms with Crippen molar-refractivity contribution in [3.05, 3.63) is 107 Å². The molecule has 10 rings (SSSR count). The Balaban J connectivity index is 0.000000200. The Morgan fingerprint density at radius 2 is 1.03 bits per heavy atom. The third-order valence-electron chi connectivity index (χ3n) is 15.8. The summed E-state index contributed by atoms with van der Waals surface area (Å²) in [5, 5.41) is 18.9.